The van der Waals surface area contributed by atoms with Gasteiger partial charge in [0.25, 0.3) is 0 Å². The topological polar surface area (TPSA) is 52.0 Å². The first-order valence-electron chi connectivity index (χ1n) is 6.62. The van der Waals surface area contributed by atoms with Gasteiger partial charge in [0.05, 0.1) is 12.2 Å². The van der Waals surface area contributed by atoms with Crippen LogP contribution in [0.15, 0.2) is 28.8 Å². The average molecular weight is 258 g/mol. The van der Waals surface area contributed by atoms with E-state index in [1.54, 1.807) is 6.20 Å². The molecule has 0 radical (unpaired) electrons. The van der Waals surface area contributed by atoms with Crippen molar-refractivity contribution in [1.82, 2.24) is 4.98 Å². The standard InChI is InChI=1S/C16H22N2O/c1-10-6-7-12(16(3,4)5)8-13(10)14-9-18-15(19-14)11(2)17/h6-9,11H,17H2,1-5H3. The second kappa shape index (κ2) is 4.82. The zero-order chi connectivity index (χ0) is 14.2. The van der Waals surface area contributed by atoms with Crippen LogP contribution in [0.25, 0.3) is 11.3 Å². The van der Waals surface area contributed by atoms with E-state index in [0.29, 0.717) is 5.89 Å². The zero-order valence-electron chi connectivity index (χ0n) is 12.3. The zero-order valence-corrected chi connectivity index (χ0v) is 12.3. The lowest BCUT2D eigenvalue weighted by Gasteiger charge is -2.20. The van der Waals surface area contributed by atoms with E-state index in [9.17, 15) is 0 Å². The smallest absolute Gasteiger partial charge is 0.211 e. The molecule has 0 saturated carbocycles. The molecule has 1 aromatic carbocycles. The van der Waals surface area contributed by atoms with E-state index >= 15 is 0 Å². The maximum atomic E-state index is 5.79. The minimum Gasteiger partial charge on any atom is -0.439 e. The molecule has 0 aliphatic rings. The lowest BCUT2D eigenvalue weighted by Crippen LogP contribution is -2.11. The molecule has 0 aliphatic carbocycles. The largest absolute Gasteiger partial charge is 0.439 e. The Morgan fingerprint density at radius 3 is 2.47 bits per heavy atom. The third-order valence-corrected chi connectivity index (χ3v) is 3.28. The predicted molar refractivity (Wildman–Crippen MR) is 78.0 cm³/mol. The van der Waals surface area contributed by atoms with Gasteiger partial charge in [-0.15, -0.1) is 0 Å². The second-order valence-corrected chi connectivity index (χ2v) is 6.13. The summed E-state index contributed by atoms with van der Waals surface area (Å²) in [7, 11) is 0. The number of benzene rings is 1. The van der Waals surface area contributed by atoms with E-state index in [1.807, 2.05) is 6.92 Å². The van der Waals surface area contributed by atoms with Crippen molar-refractivity contribution in [2.75, 3.05) is 0 Å². The van der Waals surface area contributed by atoms with E-state index in [1.165, 1.54) is 11.1 Å². The van der Waals surface area contributed by atoms with Crippen LogP contribution in [0.4, 0.5) is 0 Å². The van der Waals surface area contributed by atoms with Crippen LogP contribution in [-0.2, 0) is 5.41 Å². The number of hydrogen-bond donors (Lipinski definition) is 1. The first-order valence-corrected chi connectivity index (χ1v) is 6.62. The Morgan fingerprint density at radius 2 is 1.95 bits per heavy atom. The maximum Gasteiger partial charge on any atom is 0.211 e. The highest BCUT2D eigenvalue weighted by molar-refractivity contribution is 5.62. The highest BCUT2D eigenvalue weighted by Crippen LogP contribution is 2.31. The number of nitrogens with two attached hydrogens (primary N) is 1. The molecule has 0 saturated heterocycles. The summed E-state index contributed by atoms with van der Waals surface area (Å²) in [6.45, 7) is 10.6. The quantitative estimate of drug-likeness (QED) is 0.886. The first kappa shape index (κ1) is 13.8. The first-order chi connectivity index (χ1) is 8.79. The molecule has 2 rings (SSSR count). The molecular weight excluding hydrogens is 236 g/mol. The van der Waals surface area contributed by atoms with Gasteiger partial charge in [-0.05, 0) is 36.5 Å². The minimum absolute atomic E-state index is 0.118. The predicted octanol–water partition coefficient (Wildman–Crippen LogP) is 3.97. The molecule has 0 fully saturated rings. The third kappa shape index (κ3) is 2.87. The van der Waals surface area contributed by atoms with Gasteiger partial charge in [-0.3, -0.25) is 0 Å². The molecule has 0 amide bonds. The van der Waals surface area contributed by atoms with Gasteiger partial charge in [0.2, 0.25) is 5.89 Å². The summed E-state index contributed by atoms with van der Waals surface area (Å²) in [5, 5.41) is 0. The molecule has 2 N–H and O–H groups in total. The number of aryl methyl sites for hydroxylation is 1. The van der Waals surface area contributed by atoms with Crippen LogP contribution < -0.4 is 5.73 Å². The van der Waals surface area contributed by atoms with Crippen molar-refractivity contribution in [3.05, 3.63) is 41.4 Å². The summed E-state index contributed by atoms with van der Waals surface area (Å²) in [6.07, 6.45) is 1.76. The Bertz CT molecular complexity index is 577. The van der Waals surface area contributed by atoms with Crippen molar-refractivity contribution in [3.63, 3.8) is 0 Å². The number of nitrogens with zero attached hydrogens (tertiary/aromatic N) is 1. The van der Waals surface area contributed by atoms with Crippen LogP contribution in [-0.4, -0.2) is 4.98 Å². The van der Waals surface area contributed by atoms with Crippen LogP contribution in [0.2, 0.25) is 0 Å². The van der Waals surface area contributed by atoms with Gasteiger partial charge in [0, 0.05) is 5.56 Å². The monoisotopic (exact) mass is 258 g/mol. The van der Waals surface area contributed by atoms with Crippen LogP contribution in [0, 0.1) is 6.92 Å². The normalized spacial score (nSPS) is 13.6. The van der Waals surface area contributed by atoms with Crippen molar-refractivity contribution < 1.29 is 4.42 Å². The number of rotatable bonds is 2. The number of hydrogen-bond acceptors (Lipinski definition) is 3. The SMILES string of the molecule is Cc1ccc(C(C)(C)C)cc1-c1cnc(C(C)N)o1. The van der Waals surface area contributed by atoms with Gasteiger partial charge in [-0.25, -0.2) is 4.98 Å². The summed E-state index contributed by atoms with van der Waals surface area (Å²) in [4.78, 5) is 4.23. The highest BCUT2D eigenvalue weighted by Gasteiger charge is 2.17. The Hall–Kier alpha value is -1.61. The Morgan fingerprint density at radius 1 is 1.26 bits per heavy atom. The van der Waals surface area contributed by atoms with Crippen LogP contribution >= 0.6 is 0 Å². The molecular formula is C16H22N2O. The van der Waals surface area contributed by atoms with Gasteiger partial charge in [-0.1, -0.05) is 32.9 Å². The van der Waals surface area contributed by atoms with E-state index < -0.39 is 0 Å². The van der Waals surface area contributed by atoms with Gasteiger partial charge < -0.3 is 10.2 Å². The lowest BCUT2D eigenvalue weighted by molar-refractivity contribution is 0.473. The lowest BCUT2D eigenvalue weighted by atomic mass is 9.85. The summed E-state index contributed by atoms with van der Waals surface area (Å²) in [6, 6.07) is 6.30. The molecule has 1 aromatic heterocycles. The van der Waals surface area contributed by atoms with Gasteiger partial charge in [0.15, 0.2) is 5.76 Å². The summed E-state index contributed by atoms with van der Waals surface area (Å²) >= 11 is 0. The molecule has 0 bridgehead atoms. The average Bonchev–Trinajstić information content (AvgIpc) is 2.77. The van der Waals surface area contributed by atoms with Gasteiger partial charge >= 0.3 is 0 Å². The van der Waals surface area contributed by atoms with Gasteiger partial charge in [-0.2, -0.15) is 0 Å². The molecule has 3 heteroatoms. The Kier molecular flexibility index (Phi) is 3.50. The minimum atomic E-state index is -0.181. The van der Waals surface area contributed by atoms with Crippen molar-refractivity contribution in [1.29, 1.82) is 0 Å². The van der Waals surface area contributed by atoms with Crippen molar-refractivity contribution in [2.45, 2.75) is 46.1 Å². The van der Waals surface area contributed by atoms with Crippen LogP contribution in [0.1, 0.15) is 50.8 Å². The molecule has 1 heterocycles. The fourth-order valence-electron chi connectivity index (χ4n) is 1.98. The molecule has 2 aromatic rings. The Labute approximate surface area is 114 Å². The molecule has 1 unspecified atom stereocenters. The summed E-state index contributed by atoms with van der Waals surface area (Å²) in [5.74, 6) is 1.37. The van der Waals surface area contributed by atoms with Crippen LogP contribution in [0.5, 0.6) is 0 Å². The van der Waals surface area contributed by atoms with Crippen molar-refractivity contribution >= 4 is 0 Å². The molecule has 1 atom stereocenters. The van der Waals surface area contributed by atoms with Crippen LogP contribution in [0.3, 0.4) is 0 Å². The van der Waals surface area contributed by atoms with Crippen molar-refractivity contribution in [3.8, 4) is 11.3 Å². The molecule has 102 valence electrons. The number of oxazole rings is 1. The second-order valence-electron chi connectivity index (χ2n) is 6.13. The van der Waals surface area contributed by atoms with E-state index in [0.717, 1.165) is 11.3 Å². The van der Waals surface area contributed by atoms with Crippen molar-refractivity contribution in [2.24, 2.45) is 5.73 Å². The van der Waals surface area contributed by atoms with E-state index in [-0.39, 0.29) is 11.5 Å². The fraction of sp³-hybridized carbons (Fsp3) is 0.438. The highest BCUT2D eigenvalue weighted by atomic mass is 16.4. The summed E-state index contributed by atoms with van der Waals surface area (Å²) < 4.78 is 5.74. The summed E-state index contributed by atoms with van der Waals surface area (Å²) in [5.41, 5.74) is 9.46. The van der Waals surface area contributed by atoms with E-state index in [4.69, 9.17) is 10.2 Å². The molecule has 3 nitrogen and oxygen atoms in total. The molecule has 0 aliphatic heterocycles. The molecule has 0 spiro atoms. The number of aromatic nitrogens is 1. The van der Waals surface area contributed by atoms with Gasteiger partial charge in [0.1, 0.15) is 0 Å². The maximum absolute atomic E-state index is 5.79. The van der Waals surface area contributed by atoms with E-state index in [2.05, 4.69) is 50.9 Å². The Balaban J connectivity index is 2.48. The fourth-order valence-corrected chi connectivity index (χ4v) is 1.98. The third-order valence-electron chi connectivity index (χ3n) is 3.28. The molecule has 19 heavy (non-hydrogen) atoms.